The summed E-state index contributed by atoms with van der Waals surface area (Å²) < 4.78 is 7.80. The van der Waals surface area contributed by atoms with Crippen LogP contribution in [0.3, 0.4) is 0 Å². The highest BCUT2D eigenvalue weighted by atomic mass is 32.1. The number of carbonyl (C=O) groups is 1. The molecule has 2 heterocycles. The molecule has 5 nitrogen and oxygen atoms in total. The van der Waals surface area contributed by atoms with Crippen molar-refractivity contribution < 1.29 is 9.90 Å². The van der Waals surface area contributed by atoms with Crippen LogP contribution in [0.5, 0.6) is 0 Å². The van der Waals surface area contributed by atoms with E-state index in [4.69, 9.17) is 0 Å². The third kappa shape index (κ3) is 2.47. The van der Waals surface area contributed by atoms with E-state index >= 15 is 0 Å². The predicted octanol–water partition coefficient (Wildman–Crippen LogP) is 1.16. The second-order valence-corrected chi connectivity index (χ2v) is 5.15. The summed E-state index contributed by atoms with van der Waals surface area (Å²) in [5, 5.41) is 9.43. The molecule has 0 radical (unpaired) electrons. The van der Waals surface area contributed by atoms with Gasteiger partial charge in [-0.2, -0.15) is 8.75 Å². The van der Waals surface area contributed by atoms with Crippen LogP contribution in [-0.2, 0) is 0 Å². The Morgan fingerprint density at radius 1 is 1.59 bits per heavy atom. The van der Waals surface area contributed by atoms with E-state index in [0.29, 0.717) is 18.8 Å². The zero-order valence-corrected chi connectivity index (χ0v) is 10.7. The molecule has 0 saturated carbocycles. The van der Waals surface area contributed by atoms with Crippen LogP contribution in [0.2, 0.25) is 0 Å². The van der Waals surface area contributed by atoms with Gasteiger partial charge in [0, 0.05) is 19.7 Å². The Balaban J connectivity index is 1.97. The molecular formula is C11H17N3O2S. The monoisotopic (exact) mass is 255 g/mol. The molecule has 0 aromatic carbocycles. The van der Waals surface area contributed by atoms with Gasteiger partial charge in [0.15, 0.2) is 5.69 Å². The molecule has 2 rings (SSSR count). The van der Waals surface area contributed by atoms with Crippen LogP contribution >= 0.6 is 11.7 Å². The molecule has 94 valence electrons. The van der Waals surface area contributed by atoms with Gasteiger partial charge in [-0.15, -0.1) is 0 Å². The number of aliphatic hydroxyl groups is 1. The fourth-order valence-corrected chi connectivity index (χ4v) is 2.64. The molecule has 0 atom stereocenters. The molecule has 1 aromatic rings. The van der Waals surface area contributed by atoms with Gasteiger partial charge in [0.25, 0.3) is 5.91 Å². The van der Waals surface area contributed by atoms with Gasteiger partial charge < -0.3 is 10.0 Å². The third-order valence-electron chi connectivity index (χ3n) is 3.78. The Kier molecular flexibility index (Phi) is 3.73. The highest BCUT2D eigenvalue weighted by Gasteiger charge is 2.34. The predicted molar refractivity (Wildman–Crippen MR) is 64.9 cm³/mol. The smallest absolute Gasteiger partial charge is 0.275 e. The Hall–Kier alpha value is -1.01. The van der Waals surface area contributed by atoms with Crippen molar-refractivity contribution in [3.05, 3.63) is 11.9 Å². The average Bonchev–Trinajstić information content (AvgIpc) is 2.92. The molecule has 1 amide bonds. The van der Waals surface area contributed by atoms with Gasteiger partial charge in [0.1, 0.15) is 0 Å². The van der Waals surface area contributed by atoms with E-state index in [-0.39, 0.29) is 17.9 Å². The molecule has 6 heteroatoms. The lowest BCUT2D eigenvalue weighted by Gasteiger charge is -2.39. The number of hydrogen-bond acceptors (Lipinski definition) is 5. The normalized spacial score (nSPS) is 19.3. The zero-order chi connectivity index (χ0) is 12.3. The molecule has 0 spiro atoms. The number of likely N-dealkylation sites (tertiary alicyclic amines) is 1. The van der Waals surface area contributed by atoms with Crippen LogP contribution in [0.4, 0.5) is 0 Å². The van der Waals surface area contributed by atoms with Crippen LogP contribution in [0.15, 0.2) is 6.20 Å². The molecule has 1 fully saturated rings. The minimum absolute atomic E-state index is 0.0110. The molecule has 17 heavy (non-hydrogen) atoms. The number of nitrogens with zero attached hydrogens (tertiary/aromatic N) is 3. The highest BCUT2D eigenvalue weighted by Crippen LogP contribution is 2.34. The average molecular weight is 255 g/mol. The summed E-state index contributed by atoms with van der Waals surface area (Å²) in [5.74, 6) is -0.0404. The van der Waals surface area contributed by atoms with Crippen LogP contribution in [0.1, 0.15) is 36.7 Å². The first kappa shape index (κ1) is 12.4. The first-order valence-electron chi connectivity index (χ1n) is 5.88. The van der Waals surface area contributed by atoms with Gasteiger partial charge in [0.05, 0.1) is 17.9 Å². The molecular weight excluding hydrogens is 238 g/mol. The number of aromatic nitrogens is 2. The van der Waals surface area contributed by atoms with Crippen LogP contribution < -0.4 is 0 Å². The first-order valence-corrected chi connectivity index (χ1v) is 6.61. The second kappa shape index (κ2) is 5.10. The van der Waals surface area contributed by atoms with E-state index in [9.17, 15) is 9.90 Å². The van der Waals surface area contributed by atoms with Crippen molar-refractivity contribution in [2.45, 2.75) is 26.2 Å². The SMILES string of the molecule is CCC1(CO)CCN(C(=O)c2cnsn2)CC1. The van der Waals surface area contributed by atoms with Crippen molar-refractivity contribution in [3.63, 3.8) is 0 Å². The number of aliphatic hydroxyl groups excluding tert-OH is 1. The second-order valence-electron chi connectivity index (χ2n) is 4.60. The van der Waals surface area contributed by atoms with Crippen LogP contribution in [0.25, 0.3) is 0 Å². The van der Waals surface area contributed by atoms with Crippen molar-refractivity contribution in [2.24, 2.45) is 5.41 Å². The molecule has 0 bridgehead atoms. The fourth-order valence-electron chi connectivity index (χ4n) is 2.23. The molecule has 1 aliphatic rings. The van der Waals surface area contributed by atoms with Gasteiger partial charge >= 0.3 is 0 Å². The van der Waals surface area contributed by atoms with E-state index in [1.54, 1.807) is 4.90 Å². The number of amides is 1. The van der Waals surface area contributed by atoms with Gasteiger partial charge in [-0.25, -0.2) is 0 Å². The molecule has 1 aliphatic heterocycles. The minimum atomic E-state index is -0.0404. The molecule has 0 unspecified atom stereocenters. The number of hydrogen-bond donors (Lipinski definition) is 1. The van der Waals surface area contributed by atoms with E-state index in [0.717, 1.165) is 31.0 Å². The Morgan fingerprint density at radius 2 is 2.29 bits per heavy atom. The Bertz CT molecular complexity index is 366. The number of piperidine rings is 1. The van der Waals surface area contributed by atoms with Gasteiger partial charge in [-0.3, -0.25) is 4.79 Å². The third-order valence-corrected chi connectivity index (χ3v) is 4.26. The standard InChI is InChI=1S/C11H17N3O2S/c1-2-11(8-15)3-5-14(6-4-11)10(16)9-7-12-17-13-9/h7,15H,2-6,8H2,1H3. The minimum Gasteiger partial charge on any atom is -0.396 e. The Labute approximate surface area is 105 Å². The maximum atomic E-state index is 12.0. The highest BCUT2D eigenvalue weighted by molar-refractivity contribution is 6.99. The van der Waals surface area contributed by atoms with Crippen molar-refractivity contribution in [1.82, 2.24) is 13.6 Å². The summed E-state index contributed by atoms with van der Waals surface area (Å²) in [7, 11) is 0. The van der Waals surface area contributed by atoms with Crippen molar-refractivity contribution in [1.29, 1.82) is 0 Å². The largest absolute Gasteiger partial charge is 0.396 e. The van der Waals surface area contributed by atoms with E-state index in [2.05, 4.69) is 15.7 Å². The number of carbonyl (C=O) groups excluding carboxylic acids is 1. The lowest BCUT2D eigenvalue weighted by molar-refractivity contribution is 0.0335. The van der Waals surface area contributed by atoms with Crippen molar-refractivity contribution in [2.75, 3.05) is 19.7 Å². The summed E-state index contributed by atoms with van der Waals surface area (Å²) in [6.45, 7) is 3.71. The zero-order valence-electron chi connectivity index (χ0n) is 9.93. The summed E-state index contributed by atoms with van der Waals surface area (Å²) in [6.07, 6.45) is 4.21. The lowest BCUT2D eigenvalue weighted by Crippen LogP contribution is -2.44. The summed E-state index contributed by atoms with van der Waals surface area (Å²) in [5.41, 5.74) is 0.444. The quantitative estimate of drug-likeness (QED) is 0.880. The topological polar surface area (TPSA) is 66.3 Å². The summed E-state index contributed by atoms with van der Waals surface area (Å²) in [6, 6.07) is 0. The maximum absolute atomic E-state index is 12.0. The van der Waals surface area contributed by atoms with Gasteiger partial charge in [0.2, 0.25) is 0 Å². The first-order chi connectivity index (χ1) is 8.21. The molecule has 1 saturated heterocycles. The molecule has 1 aromatic heterocycles. The lowest BCUT2D eigenvalue weighted by atomic mass is 9.77. The van der Waals surface area contributed by atoms with Crippen LogP contribution in [-0.4, -0.2) is 44.4 Å². The van der Waals surface area contributed by atoms with Gasteiger partial charge in [-0.1, -0.05) is 6.92 Å². The Morgan fingerprint density at radius 3 is 2.76 bits per heavy atom. The van der Waals surface area contributed by atoms with E-state index in [1.165, 1.54) is 6.20 Å². The maximum Gasteiger partial charge on any atom is 0.275 e. The van der Waals surface area contributed by atoms with Crippen molar-refractivity contribution >= 4 is 17.6 Å². The van der Waals surface area contributed by atoms with E-state index in [1.807, 2.05) is 0 Å². The molecule has 0 aliphatic carbocycles. The van der Waals surface area contributed by atoms with Crippen molar-refractivity contribution in [3.8, 4) is 0 Å². The molecule has 1 N–H and O–H groups in total. The fraction of sp³-hybridized carbons (Fsp3) is 0.727. The van der Waals surface area contributed by atoms with E-state index < -0.39 is 0 Å². The summed E-state index contributed by atoms with van der Waals surface area (Å²) in [4.78, 5) is 13.8. The number of rotatable bonds is 3. The van der Waals surface area contributed by atoms with Gasteiger partial charge in [-0.05, 0) is 24.7 Å². The summed E-state index contributed by atoms with van der Waals surface area (Å²) >= 11 is 1.05. The van der Waals surface area contributed by atoms with Crippen LogP contribution in [0, 0.1) is 5.41 Å².